The van der Waals surface area contributed by atoms with Gasteiger partial charge in [0.1, 0.15) is 23.2 Å². The van der Waals surface area contributed by atoms with Gasteiger partial charge in [-0.25, -0.2) is 20.0 Å². The smallest absolute Gasteiger partial charge is 0.141 e. The summed E-state index contributed by atoms with van der Waals surface area (Å²) in [6.45, 7) is 12.1. The molecule has 0 saturated heterocycles. The van der Waals surface area contributed by atoms with E-state index >= 15 is 0 Å². The molecule has 0 radical (unpaired) electrons. The van der Waals surface area contributed by atoms with Gasteiger partial charge in [0.25, 0.3) is 0 Å². The van der Waals surface area contributed by atoms with Crippen molar-refractivity contribution >= 4 is 45.2 Å². The molecule has 2 saturated carbocycles. The number of hydrogen-bond donors (Lipinski definition) is 2. The van der Waals surface area contributed by atoms with Gasteiger partial charge in [0.05, 0.1) is 44.7 Å². The first-order chi connectivity index (χ1) is 29.6. The number of nitrogens with one attached hydrogen (secondary N) is 1. The van der Waals surface area contributed by atoms with Gasteiger partial charge in [0, 0.05) is 56.7 Å². The van der Waals surface area contributed by atoms with Gasteiger partial charge in [-0.3, -0.25) is 10.2 Å². The summed E-state index contributed by atoms with van der Waals surface area (Å²) in [6.07, 6.45) is 12.1. The first kappa shape index (κ1) is 37.1. The Morgan fingerprint density at radius 3 is 2.18 bits per heavy atom. The van der Waals surface area contributed by atoms with Gasteiger partial charge in [-0.2, -0.15) is 0 Å². The highest BCUT2D eigenvalue weighted by Crippen LogP contribution is 2.43. The third kappa shape index (κ3) is 6.30. The van der Waals surface area contributed by atoms with Crippen molar-refractivity contribution in [1.29, 1.82) is 0 Å². The minimum absolute atomic E-state index is 0.468. The van der Waals surface area contributed by atoms with E-state index in [0.717, 1.165) is 135 Å². The van der Waals surface area contributed by atoms with Crippen molar-refractivity contribution in [2.24, 2.45) is 15.9 Å². The first-order valence-corrected chi connectivity index (χ1v) is 21.0. The van der Waals surface area contributed by atoms with Crippen LogP contribution in [0.5, 0.6) is 0 Å². The average molecular weight is 805 g/mol. The Bertz CT molecular complexity index is 3400. The molecule has 4 aromatic heterocycles. The Balaban J connectivity index is 0.000000138. The van der Waals surface area contributed by atoms with Gasteiger partial charge in [0.15, 0.2) is 0 Å². The van der Waals surface area contributed by atoms with Crippen LogP contribution in [0.2, 0.25) is 0 Å². The lowest BCUT2D eigenvalue weighted by atomic mass is 9.92. The SMILES string of the molecule is Cc1ccc2ncccc2c1-c1cc(-c2c(C)noc2C)cc2[nH]c(C3CC3)nc12.Cc1noc(C)c1-c1cc2c(c(=c3c(C)ccc4c3=CC=CN4O)c1)=NC(C1CC1)=N2. The third-order valence-electron chi connectivity index (χ3n) is 12.4. The van der Waals surface area contributed by atoms with E-state index in [1.807, 2.05) is 64.2 Å². The second-order valence-electron chi connectivity index (χ2n) is 16.8. The van der Waals surface area contributed by atoms with E-state index in [1.54, 1.807) is 6.20 Å². The Hall–Kier alpha value is -6.98. The van der Waals surface area contributed by atoms with E-state index in [1.165, 1.54) is 29.0 Å². The quantitative estimate of drug-likeness (QED) is 0.175. The van der Waals surface area contributed by atoms with Crippen molar-refractivity contribution < 1.29 is 14.3 Å². The van der Waals surface area contributed by atoms with Crippen LogP contribution in [-0.4, -0.2) is 36.3 Å². The predicted molar refractivity (Wildman–Crippen MR) is 237 cm³/mol. The molecule has 8 aromatic rings. The number of hydrogen-bond acceptors (Lipinski definition) is 10. The second kappa shape index (κ2) is 14.1. The van der Waals surface area contributed by atoms with Crippen molar-refractivity contribution in [2.45, 2.75) is 73.1 Å². The summed E-state index contributed by atoms with van der Waals surface area (Å²) in [5.41, 5.74) is 15.3. The molecule has 11 nitrogen and oxygen atoms in total. The number of amidine groups is 1. The minimum atomic E-state index is 0.468. The lowest BCUT2D eigenvalue weighted by Crippen LogP contribution is -2.24. The lowest BCUT2D eigenvalue weighted by molar-refractivity contribution is 0.294. The van der Waals surface area contributed by atoms with Crippen LogP contribution in [0.15, 0.2) is 98.2 Å². The maximum Gasteiger partial charge on any atom is 0.141 e. The number of pyridine rings is 1. The number of rotatable bonds is 5. The van der Waals surface area contributed by atoms with Crippen LogP contribution in [0.3, 0.4) is 0 Å². The number of imidazole rings is 1. The lowest BCUT2D eigenvalue weighted by Gasteiger charge is -2.16. The van der Waals surface area contributed by atoms with E-state index in [0.29, 0.717) is 11.8 Å². The van der Waals surface area contributed by atoms with Gasteiger partial charge in [-0.05, 0) is 149 Å². The molecule has 4 aromatic carbocycles. The van der Waals surface area contributed by atoms with E-state index in [4.69, 9.17) is 24.0 Å². The standard InChI is InChI=1S/C25H22N4O2.C25H22N4O/c1-13-6-9-21-18(5-4-10-29(21)30)22(13)19-11-17(23-14(2)28-31-15(23)3)12-20-24(19)27-25(26-20)16-7-8-16;1-13-6-9-20-18(5-4-10-26-20)22(13)19-11-17(23-14(2)29-30-15(23)3)12-21-24(19)28-25(27-21)16-7-8-16/h4-6,9-12,16,30H,7-8H2,1-3H3;4-6,9-12,16H,7-8H2,1-3H3,(H,27,28). The fourth-order valence-corrected chi connectivity index (χ4v) is 9.12. The monoisotopic (exact) mass is 804 g/mol. The number of fused-ring (bicyclic) bond motifs is 4. The minimum Gasteiger partial charge on any atom is -0.361 e. The van der Waals surface area contributed by atoms with Crippen LogP contribution in [0, 0.1) is 57.9 Å². The molecular weight excluding hydrogens is 761 g/mol. The summed E-state index contributed by atoms with van der Waals surface area (Å²) in [6, 6.07) is 21.0. The molecule has 12 rings (SSSR count). The van der Waals surface area contributed by atoms with Crippen LogP contribution in [0.1, 0.15) is 71.5 Å². The number of nitrogens with zero attached hydrogens (tertiary/aromatic N) is 7. The number of anilines is 1. The Morgan fingerprint density at radius 2 is 1.48 bits per heavy atom. The Labute approximate surface area is 351 Å². The average Bonchev–Trinajstić information content (AvgIpc) is 4.14. The normalized spacial score (nSPS) is 15.9. The summed E-state index contributed by atoms with van der Waals surface area (Å²) in [5, 5.41) is 25.0. The molecule has 0 unspecified atom stereocenters. The Kier molecular flexibility index (Phi) is 8.54. The van der Waals surface area contributed by atoms with Crippen LogP contribution in [-0.2, 0) is 0 Å². The summed E-state index contributed by atoms with van der Waals surface area (Å²) in [4.78, 5) is 23.1. The summed E-state index contributed by atoms with van der Waals surface area (Å²) in [7, 11) is 0. The highest BCUT2D eigenvalue weighted by molar-refractivity contribution is 6.05. The number of benzene rings is 4. The molecule has 0 bridgehead atoms. The third-order valence-corrected chi connectivity index (χ3v) is 12.4. The van der Waals surface area contributed by atoms with Gasteiger partial charge in [-0.15, -0.1) is 0 Å². The molecular formula is C50H44N8O3. The van der Waals surface area contributed by atoms with Crippen molar-refractivity contribution in [3.8, 4) is 33.4 Å². The molecule has 0 spiro atoms. The molecule has 4 aliphatic rings. The van der Waals surface area contributed by atoms with E-state index in [-0.39, 0.29) is 0 Å². The number of H-pyrrole nitrogens is 1. The zero-order valence-electron chi connectivity index (χ0n) is 35.0. The molecule has 2 N–H and O–H groups in total. The summed E-state index contributed by atoms with van der Waals surface area (Å²) >= 11 is 0. The van der Waals surface area contributed by atoms with Crippen molar-refractivity contribution in [1.82, 2.24) is 25.3 Å². The van der Waals surface area contributed by atoms with Crippen molar-refractivity contribution in [3.05, 3.63) is 140 Å². The fourth-order valence-electron chi connectivity index (χ4n) is 9.12. The topological polar surface area (TPSA) is 142 Å². The maximum absolute atomic E-state index is 10.4. The van der Waals surface area contributed by atoms with Crippen LogP contribution in [0.25, 0.3) is 61.4 Å². The molecule has 2 fully saturated rings. The number of aliphatic imine (C=N–C) groups is 1. The molecule has 302 valence electrons. The second-order valence-corrected chi connectivity index (χ2v) is 16.8. The molecule has 11 heteroatoms. The van der Waals surface area contributed by atoms with E-state index in [2.05, 4.69) is 76.6 Å². The van der Waals surface area contributed by atoms with E-state index < -0.39 is 0 Å². The van der Waals surface area contributed by atoms with Gasteiger partial charge in [0.2, 0.25) is 0 Å². The van der Waals surface area contributed by atoms with Crippen LogP contribution in [0.4, 0.5) is 11.4 Å². The van der Waals surface area contributed by atoms with Crippen LogP contribution < -0.4 is 15.6 Å². The largest absolute Gasteiger partial charge is 0.361 e. The maximum atomic E-state index is 10.4. The molecule has 6 heterocycles. The molecule has 61 heavy (non-hydrogen) atoms. The first-order valence-electron chi connectivity index (χ1n) is 21.0. The number of aryl methyl sites for hydroxylation is 6. The van der Waals surface area contributed by atoms with Crippen molar-refractivity contribution in [3.63, 3.8) is 0 Å². The molecule has 2 aliphatic heterocycles. The van der Waals surface area contributed by atoms with Gasteiger partial charge >= 0.3 is 0 Å². The summed E-state index contributed by atoms with van der Waals surface area (Å²) < 4.78 is 10.9. The number of aromatic nitrogens is 5. The van der Waals surface area contributed by atoms with Gasteiger partial charge < -0.3 is 14.0 Å². The van der Waals surface area contributed by atoms with Crippen molar-refractivity contribution in [2.75, 3.05) is 5.06 Å². The highest BCUT2D eigenvalue weighted by Gasteiger charge is 2.31. The molecule has 2 aliphatic carbocycles. The zero-order chi connectivity index (χ0) is 41.7. The molecule has 0 amide bonds. The molecule has 0 atom stereocenters. The number of aromatic amines is 1. The summed E-state index contributed by atoms with van der Waals surface area (Å²) in [5.74, 6) is 4.67. The van der Waals surface area contributed by atoms with Crippen LogP contribution >= 0.6 is 0 Å². The van der Waals surface area contributed by atoms with Gasteiger partial charge in [-0.1, -0.05) is 34.6 Å². The fraction of sp³-hybridized carbons (Fsp3) is 0.240. The number of allylic oxidation sites excluding steroid dienone is 1. The zero-order valence-corrected chi connectivity index (χ0v) is 35.0. The predicted octanol–water partition coefficient (Wildman–Crippen LogP) is 10.4. The number of hydroxylamine groups is 1. The van der Waals surface area contributed by atoms with E-state index in [9.17, 15) is 5.21 Å². The Morgan fingerprint density at radius 1 is 0.754 bits per heavy atom. The highest BCUT2D eigenvalue weighted by atomic mass is 16.5.